The number of aromatic nitrogens is 2. The first kappa shape index (κ1) is 12.2. The van der Waals surface area contributed by atoms with Crippen molar-refractivity contribution in [1.82, 2.24) is 9.55 Å². The topological polar surface area (TPSA) is 70.1 Å². The fourth-order valence-corrected chi connectivity index (χ4v) is 1.61. The van der Waals surface area contributed by atoms with Crippen LogP contribution in [-0.2, 0) is 7.05 Å². The number of hydrogen-bond acceptors (Lipinski definition) is 4. The number of nitrogens with zero attached hydrogens (tertiary/aromatic N) is 2. The first-order valence-electron chi connectivity index (χ1n) is 5.55. The van der Waals surface area contributed by atoms with Gasteiger partial charge in [-0.05, 0) is 25.0 Å². The second kappa shape index (κ2) is 4.52. The molecule has 1 aromatic carbocycles. The maximum Gasteiger partial charge on any atom is 0.313 e. The second-order valence-corrected chi connectivity index (χ2v) is 4.22. The zero-order chi connectivity index (χ0) is 13.3. The van der Waals surface area contributed by atoms with E-state index < -0.39 is 0 Å². The van der Waals surface area contributed by atoms with Crippen LogP contribution in [0.2, 0.25) is 0 Å². The smallest absolute Gasteiger partial charge is 0.313 e. The quantitative estimate of drug-likeness (QED) is 0.818. The predicted molar refractivity (Wildman–Crippen MR) is 69.9 cm³/mol. The summed E-state index contributed by atoms with van der Waals surface area (Å²) < 4.78 is 6.94. The number of ether oxygens (including phenoxy) is 1. The number of benzene rings is 1. The molecule has 2 aromatic rings. The van der Waals surface area contributed by atoms with Gasteiger partial charge < -0.3 is 15.0 Å². The van der Waals surface area contributed by atoms with Crippen LogP contribution >= 0.6 is 0 Å². The van der Waals surface area contributed by atoms with Gasteiger partial charge in [-0.3, -0.25) is 4.79 Å². The summed E-state index contributed by atoms with van der Waals surface area (Å²) in [5.74, 6) is 0.597. The molecule has 0 spiro atoms. The van der Waals surface area contributed by atoms with Crippen molar-refractivity contribution in [1.29, 1.82) is 0 Å². The molecule has 2 N–H and O–H groups in total. The minimum atomic E-state index is -0.281. The van der Waals surface area contributed by atoms with Gasteiger partial charge in [-0.15, -0.1) is 0 Å². The predicted octanol–water partition coefficient (Wildman–Crippen LogP) is 1.77. The fraction of sp³-hybridized carbons (Fsp3) is 0.231. The van der Waals surface area contributed by atoms with Crippen molar-refractivity contribution in [2.24, 2.45) is 7.05 Å². The Hall–Kier alpha value is -2.30. The lowest BCUT2D eigenvalue weighted by Crippen LogP contribution is -2.18. The van der Waals surface area contributed by atoms with Gasteiger partial charge in [-0.25, -0.2) is 4.98 Å². The molecule has 0 aliphatic rings. The van der Waals surface area contributed by atoms with E-state index in [9.17, 15) is 4.79 Å². The molecule has 0 saturated heterocycles. The lowest BCUT2D eigenvalue weighted by atomic mass is 10.1. The number of rotatable bonds is 2. The first-order valence-corrected chi connectivity index (χ1v) is 5.55. The van der Waals surface area contributed by atoms with E-state index in [2.05, 4.69) is 4.98 Å². The van der Waals surface area contributed by atoms with Gasteiger partial charge in [0.1, 0.15) is 5.75 Å². The zero-order valence-electron chi connectivity index (χ0n) is 10.6. The summed E-state index contributed by atoms with van der Waals surface area (Å²) in [6.45, 7) is 3.82. The van der Waals surface area contributed by atoms with Crippen molar-refractivity contribution in [2.45, 2.75) is 13.8 Å². The Morgan fingerprint density at radius 3 is 2.72 bits per heavy atom. The molecular weight excluding hydrogens is 230 g/mol. The van der Waals surface area contributed by atoms with E-state index >= 15 is 0 Å². The molecule has 0 aliphatic carbocycles. The number of nitrogen functional groups attached to an aromatic ring is 1. The molecular formula is C13H15N3O2. The normalized spacial score (nSPS) is 10.4. The van der Waals surface area contributed by atoms with Crippen LogP contribution in [0.25, 0.3) is 0 Å². The van der Waals surface area contributed by atoms with E-state index in [4.69, 9.17) is 10.5 Å². The van der Waals surface area contributed by atoms with Gasteiger partial charge in [0.2, 0.25) is 0 Å². The molecule has 0 atom stereocenters. The zero-order valence-corrected chi connectivity index (χ0v) is 10.6. The number of aryl methyl sites for hydroxylation is 3. The van der Waals surface area contributed by atoms with Gasteiger partial charge in [0.05, 0.1) is 0 Å². The summed E-state index contributed by atoms with van der Waals surface area (Å²) in [4.78, 5) is 15.7. The SMILES string of the molecule is Cc1cc(C)c(Oc2nccn(C)c2=O)cc1N. The van der Waals surface area contributed by atoms with Crippen molar-refractivity contribution in [3.63, 3.8) is 0 Å². The molecule has 0 amide bonds. The highest BCUT2D eigenvalue weighted by atomic mass is 16.5. The molecule has 0 fully saturated rings. The largest absolute Gasteiger partial charge is 0.434 e. The van der Waals surface area contributed by atoms with Gasteiger partial charge in [-0.1, -0.05) is 6.07 Å². The van der Waals surface area contributed by atoms with Crippen LogP contribution in [-0.4, -0.2) is 9.55 Å². The van der Waals surface area contributed by atoms with Crippen LogP contribution in [0.3, 0.4) is 0 Å². The van der Waals surface area contributed by atoms with E-state index in [1.807, 2.05) is 19.9 Å². The molecule has 0 saturated carbocycles. The standard InChI is InChI=1S/C13H15N3O2/c1-8-6-9(2)11(7-10(8)14)18-12-13(17)16(3)5-4-15-12/h4-7H,14H2,1-3H3. The lowest BCUT2D eigenvalue weighted by molar-refractivity contribution is 0.445. The van der Waals surface area contributed by atoms with Crippen molar-refractivity contribution in [2.75, 3.05) is 5.73 Å². The lowest BCUT2D eigenvalue weighted by Gasteiger charge is -2.10. The van der Waals surface area contributed by atoms with Crippen molar-refractivity contribution >= 4 is 5.69 Å². The molecule has 2 rings (SSSR count). The minimum absolute atomic E-state index is 0.0475. The third-order valence-corrected chi connectivity index (χ3v) is 2.76. The highest BCUT2D eigenvalue weighted by molar-refractivity contribution is 5.54. The summed E-state index contributed by atoms with van der Waals surface area (Å²) in [6.07, 6.45) is 3.09. The maximum atomic E-state index is 11.8. The highest BCUT2D eigenvalue weighted by Gasteiger charge is 2.09. The Bertz CT molecular complexity index is 647. The van der Waals surface area contributed by atoms with Crippen LogP contribution in [0.5, 0.6) is 11.6 Å². The van der Waals surface area contributed by atoms with Gasteiger partial charge >= 0.3 is 5.56 Å². The Morgan fingerprint density at radius 2 is 2.00 bits per heavy atom. The number of hydrogen-bond donors (Lipinski definition) is 1. The van der Waals surface area contributed by atoms with Gasteiger partial charge in [-0.2, -0.15) is 0 Å². The van der Waals surface area contributed by atoms with Crippen molar-refractivity contribution in [3.05, 3.63) is 46.0 Å². The third-order valence-electron chi connectivity index (χ3n) is 2.76. The second-order valence-electron chi connectivity index (χ2n) is 4.22. The third kappa shape index (κ3) is 2.20. The fourth-order valence-electron chi connectivity index (χ4n) is 1.61. The van der Waals surface area contributed by atoms with Gasteiger partial charge in [0.15, 0.2) is 0 Å². The minimum Gasteiger partial charge on any atom is -0.434 e. The Morgan fingerprint density at radius 1 is 1.28 bits per heavy atom. The summed E-state index contributed by atoms with van der Waals surface area (Å²) in [5, 5.41) is 0. The Labute approximate surface area is 105 Å². The van der Waals surface area contributed by atoms with E-state index in [-0.39, 0.29) is 11.4 Å². The summed E-state index contributed by atoms with van der Waals surface area (Å²) >= 11 is 0. The Balaban J connectivity index is 2.43. The van der Waals surface area contributed by atoms with Crippen LogP contribution in [0, 0.1) is 13.8 Å². The molecule has 5 nitrogen and oxygen atoms in total. The van der Waals surface area contributed by atoms with E-state index in [1.54, 1.807) is 19.3 Å². The van der Waals surface area contributed by atoms with Crippen LogP contribution in [0.15, 0.2) is 29.3 Å². The molecule has 0 radical (unpaired) electrons. The molecule has 18 heavy (non-hydrogen) atoms. The average molecular weight is 245 g/mol. The van der Waals surface area contributed by atoms with Crippen LogP contribution < -0.4 is 16.0 Å². The maximum absolute atomic E-state index is 11.8. The van der Waals surface area contributed by atoms with Gasteiger partial charge in [0.25, 0.3) is 5.88 Å². The van der Waals surface area contributed by atoms with E-state index in [0.29, 0.717) is 11.4 Å². The number of anilines is 1. The van der Waals surface area contributed by atoms with Crippen LogP contribution in [0.4, 0.5) is 5.69 Å². The molecule has 94 valence electrons. The molecule has 0 aliphatic heterocycles. The van der Waals surface area contributed by atoms with Crippen LogP contribution in [0.1, 0.15) is 11.1 Å². The van der Waals surface area contributed by atoms with Crippen molar-refractivity contribution < 1.29 is 4.74 Å². The first-order chi connectivity index (χ1) is 8.49. The average Bonchev–Trinajstić information content (AvgIpc) is 2.32. The Kier molecular flexibility index (Phi) is 3.06. The number of nitrogens with two attached hydrogens (primary N) is 1. The molecule has 0 unspecified atom stereocenters. The highest BCUT2D eigenvalue weighted by Crippen LogP contribution is 2.26. The summed E-state index contributed by atoms with van der Waals surface area (Å²) in [6, 6.07) is 3.62. The van der Waals surface area contributed by atoms with E-state index in [1.165, 1.54) is 10.8 Å². The molecule has 1 aromatic heterocycles. The molecule has 0 bridgehead atoms. The monoisotopic (exact) mass is 245 g/mol. The molecule has 5 heteroatoms. The summed E-state index contributed by atoms with van der Waals surface area (Å²) in [5.41, 5.74) is 8.07. The van der Waals surface area contributed by atoms with Crippen molar-refractivity contribution in [3.8, 4) is 11.6 Å². The van der Waals surface area contributed by atoms with Gasteiger partial charge in [0, 0.05) is 31.2 Å². The van der Waals surface area contributed by atoms with E-state index in [0.717, 1.165) is 11.1 Å². The molecule has 1 heterocycles. The summed E-state index contributed by atoms with van der Waals surface area (Å²) in [7, 11) is 1.65.